The van der Waals surface area contributed by atoms with Crippen molar-refractivity contribution in [2.45, 2.75) is 63.8 Å². The van der Waals surface area contributed by atoms with Crippen molar-refractivity contribution in [3.63, 3.8) is 0 Å². The predicted molar refractivity (Wildman–Crippen MR) is 185 cm³/mol. The first kappa shape index (κ1) is 31.3. The number of hydrogen-bond acceptors (Lipinski definition) is 6. The normalized spacial score (nSPS) is 12.1. The molecule has 0 fully saturated rings. The SMILES string of the molecule is CC(C)(C)Sc1c(CC(C)(C)C(=O)O)n(Cc2ccc(-c3ccccn3)cc2)c2ncc(OCc3ccc4ccccc4n3)cc12. The lowest BCUT2D eigenvalue weighted by molar-refractivity contribution is -0.146. The maximum Gasteiger partial charge on any atom is 0.309 e. The second kappa shape index (κ2) is 12.6. The fraction of sp³-hybridized carbons (Fsp3) is 0.263. The van der Waals surface area contributed by atoms with Crippen LogP contribution in [0.15, 0.2) is 102 Å². The summed E-state index contributed by atoms with van der Waals surface area (Å²) in [6.07, 6.45) is 3.89. The van der Waals surface area contributed by atoms with Gasteiger partial charge >= 0.3 is 5.97 Å². The van der Waals surface area contributed by atoms with Gasteiger partial charge in [-0.2, -0.15) is 0 Å². The second-order valence-corrected chi connectivity index (χ2v) is 15.0. The van der Waals surface area contributed by atoms with Gasteiger partial charge in [-0.3, -0.25) is 9.78 Å². The van der Waals surface area contributed by atoms with E-state index in [9.17, 15) is 9.90 Å². The van der Waals surface area contributed by atoms with E-state index < -0.39 is 11.4 Å². The third-order valence-electron chi connectivity index (χ3n) is 7.82. The van der Waals surface area contributed by atoms with Gasteiger partial charge in [0, 0.05) is 50.8 Å². The summed E-state index contributed by atoms with van der Waals surface area (Å²) in [7, 11) is 0. The number of thioether (sulfide) groups is 1. The first-order valence-corrected chi connectivity index (χ1v) is 16.2. The maximum absolute atomic E-state index is 12.4. The monoisotopic (exact) mass is 630 g/mol. The molecule has 0 aliphatic carbocycles. The van der Waals surface area contributed by atoms with Crippen molar-refractivity contribution in [1.29, 1.82) is 0 Å². The van der Waals surface area contributed by atoms with Crippen LogP contribution in [0.1, 0.15) is 51.6 Å². The second-order valence-electron chi connectivity index (χ2n) is 13.2. The molecule has 46 heavy (non-hydrogen) atoms. The highest BCUT2D eigenvalue weighted by Gasteiger charge is 2.33. The number of ether oxygens (including phenoxy) is 1. The Morgan fingerprint density at radius 1 is 0.913 bits per heavy atom. The van der Waals surface area contributed by atoms with Crippen molar-refractivity contribution in [3.8, 4) is 17.0 Å². The summed E-state index contributed by atoms with van der Waals surface area (Å²) in [5.74, 6) is -0.199. The molecular formula is C38H38N4O3S. The van der Waals surface area contributed by atoms with E-state index in [0.717, 1.165) is 55.0 Å². The summed E-state index contributed by atoms with van der Waals surface area (Å²) in [6.45, 7) is 10.9. The van der Waals surface area contributed by atoms with Gasteiger partial charge in [-0.1, -0.05) is 75.4 Å². The zero-order valence-corrected chi connectivity index (χ0v) is 27.6. The lowest BCUT2D eigenvalue weighted by Crippen LogP contribution is -2.28. The molecule has 0 aliphatic heterocycles. The number of fused-ring (bicyclic) bond motifs is 2. The molecule has 0 saturated carbocycles. The fourth-order valence-electron chi connectivity index (χ4n) is 5.41. The molecule has 0 atom stereocenters. The van der Waals surface area contributed by atoms with E-state index in [1.807, 2.05) is 54.6 Å². The number of nitrogens with zero attached hydrogens (tertiary/aromatic N) is 4. The minimum atomic E-state index is -0.983. The molecule has 7 nitrogen and oxygen atoms in total. The highest BCUT2D eigenvalue weighted by atomic mass is 32.2. The number of para-hydroxylation sites is 1. The topological polar surface area (TPSA) is 90.1 Å². The fourth-order valence-corrected chi connectivity index (χ4v) is 6.58. The Kier molecular flexibility index (Phi) is 8.57. The summed E-state index contributed by atoms with van der Waals surface area (Å²) in [5, 5.41) is 12.2. The Morgan fingerprint density at radius 2 is 1.67 bits per heavy atom. The highest BCUT2D eigenvalue weighted by molar-refractivity contribution is 8.00. The van der Waals surface area contributed by atoms with E-state index in [1.165, 1.54) is 0 Å². The van der Waals surface area contributed by atoms with Gasteiger partial charge in [-0.25, -0.2) is 9.97 Å². The number of pyridine rings is 3. The third kappa shape index (κ3) is 6.92. The molecule has 8 heteroatoms. The van der Waals surface area contributed by atoms with E-state index in [-0.39, 0.29) is 4.75 Å². The molecule has 0 spiro atoms. The first-order chi connectivity index (χ1) is 22.0. The molecule has 0 bridgehead atoms. The number of benzene rings is 2. The Morgan fingerprint density at radius 3 is 2.39 bits per heavy atom. The number of aliphatic carboxylic acids is 1. The zero-order valence-electron chi connectivity index (χ0n) is 26.8. The van der Waals surface area contributed by atoms with Gasteiger partial charge in [-0.05, 0) is 49.7 Å². The molecule has 0 amide bonds. The van der Waals surface area contributed by atoms with Crippen LogP contribution >= 0.6 is 11.8 Å². The van der Waals surface area contributed by atoms with Crippen molar-refractivity contribution < 1.29 is 14.6 Å². The average Bonchev–Trinajstić information content (AvgIpc) is 3.29. The number of hydrogen-bond donors (Lipinski definition) is 1. The highest BCUT2D eigenvalue weighted by Crippen LogP contribution is 2.43. The van der Waals surface area contributed by atoms with E-state index in [4.69, 9.17) is 14.7 Å². The van der Waals surface area contributed by atoms with Gasteiger partial charge in [0.05, 0.1) is 28.5 Å². The van der Waals surface area contributed by atoms with Gasteiger partial charge in [0.25, 0.3) is 0 Å². The molecule has 1 N–H and O–H groups in total. The van der Waals surface area contributed by atoms with Gasteiger partial charge < -0.3 is 14.4 Å². The molecule has 4 heterocycles. The van der Waals surface area contributed by atoms with Crippen LogP contribution in [0.3, 0.4) is 0 Å². The summed E-state index contributed by atoms with van der Waals surface area (Å²) in [4.78, 5) is 27.6. The number of aromatic nitrogens is 4. The van der Waals surface area contributed by atoms with Gasteiger partial charge in [0.2, 0.25) is 0 Å². The van der Waals surface area contributed by atoms with Crippen molar-refractivity contribution in [1.82, 2.24) is 19.5 Å². The Bertz CT molecular complexity index is 2010. The van der Waals surface area contributed by atoms with Crippen LogP contribution in [-0.2, 0) is 24.4 Å². The molecule has 0 radical (unpaired) electrons. The molecule has 6 rings (SSSR count). The van der Waals surface area contributed by atoms with E-state index in [0.29, 0.717) is 25.3 Å². The smallest absolute Gasteiger partial charge is 0.309 e. The lowest BCUT2D eigenvalue weighted by Gasteiger charge is -2.24. The lowest BCUT2D eigenvalue weighted by atomic mass is 9.88. The van der Waals surface area contributed by atoms with Crippen molar-refractivity contribution in [3.05, 3.63) is 114 Å². The van der Waals surface area contributed by atoms with Gasteiger partial charge in [0.1, 0.15) is 18.0 Å². The Labute approximate surface area is 273 Å². The molecule has 0 unspecified atom stereocenters. The summed E-state index contributed by atoms with van der Waals surface area (Å²) in [5.41, 5.74) is 5.58. The van der Waals surface area contributed by atoms with Gasteiger partial charge in [-0.15, -0.1) is 11.8 Å². The molecule has 234 valence electrons. The third-order valence-corrected chi connectivity index (χ3v) is 9.10. The van der Waals surface area contributed by atoms with Crippen LogP contribution in [0.2, 0.25) is 0 Å². The number of rotatable bonds is 10. The van der Waals surface area contributed by atoms with Crippen molar-refractivity contribution >= 4 is 39.7 Å². The number of carbonyl (C=O) groups is 1. The molecule has 0 aliphatic rings. The molecule has 4 aromatic heterocycles. The minimum Gasteiger partial charge on any atom is -0.486 e. The van der Waals surface area contributed by atoms with E-state index in [1.54, 1.807) is 38.0 Å². The molecule has 2 aromatic carbocycles. The van der Waals surface area contributed by atoms with Crippen LogP contribution < -0.4 is 4.74 Å². The summed E-state index contributed by atoms with van der Waals surface area (Å²) >= 11 is 1.74. The Balaban J connectivity index is 1.40. The van der Waals surface area contributed by atoms with Crippen molar-refractivity contribution in [2.24, 2.45) is 5.41 Å². The summed E-state index contributed by atoms with van der Waals surface area (Å²) < 4.78 is 8.30. The van der Waals surface area contributed by atoms with Crippen LogP contribution in [0, 0.1) is 5.41 Å². The number of carboxylic acid groups (broad SMARTS) is 1. The van der Waals surface area contributed by atoms with E-state index >= 15 is 0 Å². The Hall–Kier alpha value is -4.69. The zero-order chi connectivity index (χ0) is 32.5. The van der Waals surface area contributed by atoms with E-state index in [2.05, 4.69) is 60.7 Å². The molecule has 6 aromatic rings. The predicted octanol–water partition coefficient (Wildman–Crippen LogP) is 8.82. The minimum absolute atomic E-state index is 0.128. The van der Waals surface area contributed by atoms with Crippen LogP contribution in [0.5, 0.6) is 5.75 Å². The molecule has 0 saturated heterocycles. The first-order valence-electron chi connectivity index (χ1n) is 15.4. The summed E-state index contributed by atoms with van der Waals surface area (Å²) in [6, 6.07) is 28.4. The average molecular weight is 631 g/mol. The van der Waals surface area contributed by atoms with Crippen LogP contribution in [0.25, 0.3) is 33.2 Å². The number of carboxylic acids is 1. The van der Waals surface area contributed by atoms with Crippen LogP contribution in [-0.4, -0.2) is 35.3 Å². The quantitative estimate of drug-likeness (QED) is 0.151. The van der Waals surface area contributed by atoms with Crippen LogP contribution in [0.4, 0.5) is 0 Å². The standard InChI is InChI=1S/C38H38N4O3S/c1-37(2,3)46-34-30-20-29(45-24-28-18-17-26-10-6-7-12-32(26)41-28)22-40-35(30)42(33(34)21-38(4,5)36(43)44)23-25-13-15-27(16-14-25)31-11-8-9-19-39-31/h6-20,22H,21,23-24H2,1-5H3,(H,43,44). The maximum atomic E-state index is 12.4. The molecular weight excluding hydrogens is 593 g/mol. The van der Waals surface area contributed by atoms with Gasteiger partial charge in [0.15, 0.2) is 0 Å². The van der Waals surface area contributed by atoms with Crippen molar-refractivity contribution in [2.75, 3.05) is 0 Å². The largest absolute Gasteiger partial charge is 0.486 e.